The Morgan fingerprint density at radius 2 is 1.80 bits per heavy atom. The van der Waals surface area contributed by atoms with E-state index in [0.717, 1.165) is 31.0 Å². The lowest BCUT2D eigenvalue weighted by molar-refractivity contribution is -0.119. The maximum Gasteiger partial charge on any atom is 0.338 e. The number of amides is 1. The Labute approximate surface area is 176 Å². The number of halogens is 3. The van der Waals surface area contributed by atoms with Crippen LogP contribution in [0, 0.1) is 11.6 Å². The van der Waals surface area contributed by atoms with E-state index in [4.69, 9.17) is 16.3 Å². The van der Waals surface area contributed by atoms with Crippen LogP contribution in [0.5, 0.6) is 0 Å². The van der Waals surface area contributed by atoms with Crippen LogP contribution in [0.1, 0.15) is 23.2 Å². The first kappa shape index (κ1) is 22.1. The lowest BCUT2D eigenvalue weighted by Crippen LogP contribution is -2.28. The maximum atomic E-state index is 13.6. The molecule has 0 aliphatic carbocycles. The van der Waals surface area contributed by atoms with Crippen molar-refractivity contribution < 1.29 is 31.5 Å². The highest BCUT2D eigenvalue weighted by atomic mass is 35.5. The van der Waals surface area contributed by atoms with Gasteiger partial charge < -0.3 is 10.1 Å². The van der Waals surface area contributed by atoms with E-state index < -0.39 is 40.1 Å². The number of carbonyl (C=O) groups is 2. The van der Waals surface area contributed by atoms with Gasteiger partial charge in [-0.2, -0.15) is 4.31 Å². The van der Waals surface area contributed by atoms with Gasteiger partial charge in [0.1, 0.15) is 16.5 Å². The van der Waals surface area contributed by atoms with Gasteiger partial charge in [0.2, 0.25) is 10.0 Å². The normalized spacial score (nSPS) is 14.5. The number of anilines is 1. The van der Waals surface area contributed by atoms with Crippen LogP contribution >= 0.6 is 11.6 Å². The summed E-state index contributed by atoms with van der Waals surface area (Å²) in [5, 5.41) is 2.11. The lowest BCUT2D eigenvalue weighted by Gasteiger charge is -2.17. The summed E-state index contributed by atoms with van der Waals surface area (Å²) in [5.41, 5.74) is -0.388. The summed E-state index contributed by atoms with van der Waals surface area (Å²) in [6.45, 7) is -0.0204. The van der Waals surface area contributed by atoms with E-state index in [9.17, 15) is 26.8 Å². The van der Waals surface area contributed by atoms with Crippen LogP contribution < -0.4 is 5.32 Å². The molecule has 1 saturated heterocycles. The number of ether oxygens (including phenoxy) is 1. The molecule has 2 aromatic rings. The Kier molecular flexibility index (Phi) is 6.69. The number of hydrogen-bond donors (Lipinski definition) is 1. The van der Waals surface area contributed by atoms with Crippen LogP contribution in [-0.4, -0.2) is 44.3 Å². The highest BCUT2D eigenvalue weighted by Crippen LogP contribution is 2.28. The zero-order valence-corrected chi connectivity index (χ0v) is 17.1. The fourth-order valence-electron chi connectivity index (χ4n) is 2.89. The first-order valence-corrected chi connectivity index (χ1v) is 10.7. The minimum atomic E-state index is -3.86. The number of sulfonamides is 1. The van der Waals surface area contributed by atoms with E-state index in [-0.39, 0.29) is 21.2 Å². The van der Waals surface area contributed by atoms with Crippen LogP contribution in [0.4, 0.5) is 14.5 Å². The van der Waals surface area contributed by atoms with Crippen LogP contribution in [0.15, 0.2) is 41.3 Å². The zero-order valence-electron chi connectivity index (χ0n) is 15.5. The minimum Gasteiger partial charge on any atom is -0.452 e. The van der Waals surface area contributed by atoms with Gasteiger partial charge in [-0.05, 0) is 43.2 Å². The van der Waals surface area contributed by atoms with Gasteiger partial charge in [0.15, 0.2) is 6.61 Å². The molecule has 1 fully saturated rings. The molecule has 30 heavy (non-hydrogen) atoms. The topological polar surface area (TPSA) is 92.8 Å². The van der Waals surface area contributed by atoms with Crippen molar-refractivity contribution in [2.24, 2.45) is 0 Å². The molecule has 160 valence electrons. The molecule has 0 bridgehead atoms. The van der Waals surface area contributed by atoms with Crippen molar-refractivity contribution in [3.8, 4) is 0 Å². The van der Waals surface area contributed by atoms with Gasteiger partial charge in [0.25, 0.3) is 5.91 Å². The van der Waals surface area contributed by atoms with Crippen molar-refractivity contribution in [2.45, 2.75) is 17.7 Å². The SMILES string of the molecule is O=C(COC(=O)c1ccc(Cl)c(S(=O)(=O)N2CCCC2)c1)Nc1ccc(F)cc1F. The molecule has 0 spiro atoms. The molecular weight excluding hydrogens is 442 g/mol. The summed E-state index contributed by atoms with van der Waals surface area (Å²) in [4.78, 5) is 23.9. The molecule has 1 aliphatic heterocycles. The second-order valence-electron chi connectivity index (χ2n) is 6.50. The number of benzene rings is 2. The Hall–Kier alpha value is -2.56. The van der Waals surface area contributed by atoms with Crippen molar-refractivity contribution in [3.63, 3.8) is 0 Å². The molecule has 2 aromatic carbocycles. The van der Waals surface area contributed by atoms with Gasteiger partial charge >= 0.3 is 5.97 Å². The third kappa shape index (κ3) is 4.94. The zero-order chi connectivity index (χ0) is 21.9. The van der Waals surface area contributed by atoms with Crippen LogP contribution in [0.25, 0.3) is 0 Å². The van der Waals surface area contributed by atoms with Crippen molar-refractivity contribution in [1.82, 2.24) is 4.31 Å². The highest BCUT2D eigenvalue weighted by Gasteiger charge is 2.30. The molecule has 7 nitrogen and oxygen atoms in total. The molecule has 1 N–H and O–H groups in total. The quantitative estimate of drug-likeness (QED) is 0.671. The van der Waals surface area contributed by atoms with E-state index in [1.54, 1.807) is 0 Å². The number of esters is 1. The molecule has 11 heteroatoms. The van der Waals surface area contributed by atoms with E-state index in [2.05, 4.69) is 5.32 Å². The molecule has 0 atom stereocenters. The van der Waals surface area contributed by atoms with Gasteiger partial charge in [0, 0.05) is 19.2 Å². The van der Waals surface area contributed by atoms with E-state index >= 15 is 0 Å². The summed E-state index contributed by atoms with van der Waals surface area (Å²) < 4.78 is 58.0. The standard InChI is InChI=1S/C19H17ClF2N2O5S/c20-14-5-3-12(9-17(14)30(27,28)24-7-1-2-8-24)19(26)29-11-18(25)23-16-6-4-13(21)10-15(16)22/h3-6,9-10H,1-2,7-8,11H2,(H,23,25). The number of nitrogens with one attached hydrogen (secondary N) is 1. The third-order valence-corrected chi connectivity index (χ3v) is 6.77. The predicted molar refractivity (Wildman–Crippen MR) is 105 cm³/mol. The van der Waals surface area contributed by atoms with Gasteiger partial charge in [0.05, 0.1) is 16.3 Å². The van der Waals surface area contributed by atoms with Crippen molar-refractivity contribution in [1.29, 1.82) is 0 Å². The number of carbonyl (C=O) groups excluding carboxylic acids is 2. The number of nitrogens with zero attached hydrogens (tertiary/aromatic N) is 1. The maximum absolute atomic E-state index is 13.6. The van der Waals surface area contributed by atoms with Crippen LogP contribution in [0.3, 0.4) is 0 Å². The van der Waals surface area contributed by atoms with Crippen molar-refractivity contribution in [2.75, 3.05) is 25.0 Å². The van der Waals surface area contributed by atoms with Gasteiger partial charge in [-0.25, -0.2) is 22.0 Å². The van der Waals surface area contributed by atoms with Gasteiger partial charge in [-0.3, -0.25) is 4.79 Å². The van der Waals surface area contributed by atoms with Gasteiger partial charge in [-0.15, -0.1) is 0 Å². The summed E-state index contributed by atoms with van der Waals surface area (Å²) in [6.07, 6.45) is 1.48. The minimum absolute atomic E-state index is 0.0389. The Bertz CT molecular complexity index is 1090. The summed E-state index contributed by atoms with van der Waals surface area (Å²) in [7, 11) is -3.86. The Morgan fingerprint density at radius 1 is 1.10 bits per heavy atom. The van der Waals surface area contributed by atoms with Crippen LogP contribution in [0.2, 0.25) is 5.02 Å². The number of rotatable bonds is 6. The molecule has 1 heterocycles. The molecule has 0 unspecified atom stereocenters. The summed E-state index contributed by atoms with van der Waals surface area (Å²) in [6, 6.07) is 6.20. The number of hydrogen-bond acceptors (Lipinski definition) is 5. The molecule has 3 rings (SSSR count). The lowest BCUT2D eigenvalue weighted by atomic mass is 10.2. The first-order valence-electron chi connectivity index (χ1n) is 8.90. The van der Waals surface area contributed by atoms with Gasteiger partial charge in [-0.1, -0.05) is 11.6 Å². The van der Waals surface area contributed by atoms with E-state index in [0.29, 0.717) is 19.2 Å². The average Bonchev–Trinajstić information content (AvgIpc) is 3.24. The molecule has 0 radical (unpaired) electrons. The largest absolute Gasteiger partial charge is 0.452 e. The molecule has 0 saturated carbocycles. The van der Waals surface area contributed by atoms with E-state index in [1.807, 2.05) is 0 Å². The Morgan fingerprint density at radius 3 is 2.47 bits per heavy atom. The first-order chi connectivity index (χ1) is 14.2. The summed E-state index contributed by atoms with van der Waals surface area (Å²) in [5.74, 6) is -3.60. The van der Waals surface area contributed by atoms with E-state index in [1.165, 1.54) is 16.4 Å². The predicted octanol–water partition coefficient (Wildman–Crippen LogP) is 3.20. The van der Waals surface area contributed by atoms with Crippen molar-refractivity contribution >= 4 is 39.2 Å². The average molecular weight is 459 g/mol. The van der Waals surface area contributed by atoms with Crippen molar-refractivity contribution in [3.05, 3.63) is 58.6 Å². The molecule has 1 aliphatic rings. The molecule has 1 amide bonds. The van der Waals surface area contributed by atoms with Crippen LogP contribution in [-0.2, 0) is 19.6 Å². The highest BCUT2D eigenvalue weighted by molar-refractivity contribution is 7.89. The monoisotopic (exact) mass is 458 g/mol. The fraction of sp³-hybridized carbons (Fsp3) is 0.263. The second-order valence-corrected chi connectivity index (χ2v) is 8.82. The smallest absolute Gasteiger partial charge is 0.338 e. The molecule has 0 aromatic heterocycles. The third-order valence-electron chi connectivity index (χ3n) is 4.39. The molecular formula is C19H17ClF2N2O5S. The summed E-state index contributed by atoms with van der Waals surface area (Å²) >= 11 is 6.02. The Balaban J connectivity index is 1.67. The fourth-order valence-corrected chi connectivity index (χ4v) is 4.90. The second kappa shape index (κ2) is 9.07.